The van der Waals surface area contributed by atoms with Crippen LogP contribution in [0, 0.1) is 6.92 Å². The number of amides is 1. The predicted molar refractivity (Wildman–Crippen MR) is 52.8 cm³/mol. The van der Waals surface area contributed by atoms with Crippen molar-refractivity contribution in [3.63, 3.8) is 0 Å². The van der Waals surface area contributed by atoms with Gasteiger partial charge in [0.05, 0.1) is 0 Å². The number of imidazole rings is 1. The van der Waals surface area contributed by atoms with Gasteiger partial charge in [-0.05, 0) is 19.8 Å². The van der Waals surface area contributed by atoms with Crippen molar-refractivity contribution in [3.8, 4) is 0 Å². The molecule has 0 bridgehead atoms. The molecule has 0 aromatic carbocycles. The summed E-state index contributed by atoms with van der Waals surface area (Å²) >= 11 is 0. The van der Waals surface area contributed by atoms with Crippen LogP contribution in [-0.4, -0.2) is 33.4 Å². The number of likely N-dealkylation sites (tertiary alicyclic amines) is 1. The molecule has 2 heterocycles. The van der Waals surface area contributed by atoms with Gasteiger partial charge in [-0.25, -0.2) is 4.98 Å². The van der Waals surface area contributed by atoms with Crippen molar-refractivity contribution in [2.75, 3.05) is 13.1 Å². The fourth-order valence-corrected chi connectivity index (χ4v) is 1.78. The Labute approximate surface area is 83.5 Å². The Balaban J connectivity index is 1.97. The molecule has 0 aliphatic carbocycles. The van der Waals surface area contributed by atoms with Gasteiger partial charge in [0.15, 0.2) is 0 Å². The first-order valence-electron chi connectivity index (χ1n) is 5.03. The third-order valence-corrected chi connectivity index (χ3v) is 2.69. The second-order valence-electron chi connectivity index (χ2n) is 3.69. The zero-order valence-corrected chi connectivity index (χ0v) is 8.44. The molecule has 1 aliphatic heterocycles. The van der Waals surface area contributed by atoms with Crippen LogP contribution in [-0.2, 0) is 11.3 Å². The largest absolute Gasteiger partial charge is 0.341 e. The Kier molecular flexibility index (Phi) is 2.52. The molecule has 0 N–H and O–H groups in total. The molecular formula is C10H15N3O. The Morgan fingerprint density at radius 3 is 2.79 bits per heavy atom. The molecule has 4 nitrogen and oxygen atoms in total. The average molecular weight is 193 g/mol. The lowest BCUT2D eigenvalue weighted by atomic mass is 10.4. The van der Waals surface area contributed by atoms with Gasteiger partial charge >= 0.3 is 0 Å². The van der Waals surface area contributed by atoms with E-state index in [0.29, 0.717) is 6.54 Å². The lowest BCUT2D eigenvalue weighted by Crippen LogP contribution is -2.31. The molecule has 2 rings (SSSR count). The molecule has 0 unspecified atom stereocenters. The number of hydrogen-bond donors (Lipinski definition) is 0. The highest BCUT2D eigenvalue weighted by atomic mass is 16.2. The van der Waals surface area contributed by atoms with E-state index in [1.165, 1.54) is 0 Å². The van der Waals surface area contributed by atoms with Crippen LogP contribution in [0.5, 0.6) is 0 Å². The van der Waals surface area contributed by atoms with E-state index >= 15 is 0 Å². The molecule has 1 aromatic heterocycles. The van der Waals surface area contributed by atoms with E-state index in [2.05, 4.69) is 4.98 Å². The summed E-state index contributed by atoms with van der Waals surface area (Å²) in [6.45, 7) is 4.20. The summed E-state index contributed by atoms with van der Waals surface area (Å²) in [4.78, 5) is 17.8. The number of rotatable bonds is 2. The number of aromatic nitrogens is 2. The normalized spacial score (nSPS) is 16.2. The van der Waals surface area contributed by atoms with Crippen LogP contribution in [0.3, 0.4) is 0 Å². The van der Waals surface area contributed by atoms with Crippen molar-refractivity contribution < 1.29 is 4.79 Å². The molecule has 1 aliphatic rings. The molecule has 0 radical (unpaired) electrons. The molecular weight excluding hydrogens is 178 g/mol. The van der Waals surface area contributed by atoms with Crippen LogP contribution in [0.25, 0.3) is 0 Å². The quantitative estimate of drug-likeness (QED) is 0.697. The lowest BCUT2D eigenvalue weighted by Gasteiger charge is -2.15. The number of aryl methyl sites for hydroxylation is 1. The van der Waals surface area contributed by atoms with Gasteiger partial charge in [-0.15, -0.1) is 0 Å². The van der Waals surface area contributed by atoms with Crippen LogP contribution in [0.2, 0.25) is 0 Å². The molecule has 0 spiro atoms. The van der Waals surface area contributed by atoms with E-state index in [4.69, 9.17) is 0 Å². The summed E-state index contributed by atoms with van der Waals surface area (Å²) in [6, 6.07) is 0. The van der Waals surface area contributed by atoms with Gasteiger partial charge in [0, 0.05) is 25.5 Å². The summed E-state index contributed by atoms with van der Waals surface area (Å²) in [5.41, 5.74) is 0. The summed E-state index contributed by atoms with van der Waals surface area (Å²) in [7, 11) is 0. The van der Waals surface area contributed by atoms with Crippen LogP contribution in [0.4, 0.5) is 0 Å². The van der Waals surface area contributed by atoms with Crippen LogP contribution >= 0.6 is 0 Å². The monoisotopic (exact) mass is 193 g/mol. The molecule has 0 atom stereocenters. The molecule has 1 saturated heterocycles. The molecule has 1 fully saturated rings. The standard InChI is InChI=1S/C10H15N3O/c1-9-11-4-7-13(9)8-10(14)12-5-2-3-6-12/h4,7H,2-3,5-6,8H2,1H3. The van der Waals surface area contributed by atoms with Gasteiger partial charge in [0.25, 0.3) is 0 Å². The van der Waals surface area contributed by atoms with Crippen LogP contribution < -0.4 is 0 Å². The maximum atomic E-state index is 11.7. The van der Waals surface area contributed by atoms with Crippen LogP contribution in [0.15, 0.2) is 12.4 Å². The first kappa shape index (κ1) is 9.24. The van der Waals surface area contributed by atoms with Gasteiger partial charge < -0.3 is 9.47 Å². The zero-order valence-electron chi connectivity index (χ0n) is 8.44. The van der Waals surface area contributed by atoms with Gasteiger partial charge in [-0.1, -0.05) is 0 Å². The van der Waals surface area contributed by atoms with E-state index < -0.39 is 0 Å². The highest BCUT2D eigenvalue weighted by Gasteiger charge is 2.18. The van der Waals surface area contributed by atoms with Gasteiger partial charge in [-0.2, -0.15) is 0 Å². The van der Waals surface area contributed by atoms with Crippen molar-refractivity contribution >= 4 is 5.91 Å². The molecule has 76 valence electrons. The zero-order chi connectivity index (χ0) is 9.97. The minimum absolute atomic E-state index is 0.212. The lowest BCUT2D eigenvalue weighted by molar-refractivity contribution is -0.130. The van der Waals surface area contributed by atoms with E-state index in [0.717, 1.165) is 31.8 Å². The maximum Gasteiger partial charge on any atom is 0.242 e. The second-order valence-corrected chi connectivity index (χ2v) is 3.69. The SMILES string of the molecule is Cc1nccn1CC(=O)N1CCCC1. The fourth-order valence-electron chi connectivity index (χ4n) is 1.78. The molecule has 1 amide bonds. The third-order valence-electron chi connectivity index (χ3n) is 2.69. The molecule has 0 saturated carbocycles. The Morgan fingerprint density at radius 2 is 2.21 bits per heavy atom. The summed E-state index contributed by atoms with van der Waals surface area (Å²) in [5.74, 6) is 1.11. The van der Waals surface area contributed by atoms with Crippen molar-refractivity contribution in [2.45, 2.75) is 26.3 Å². The minimum Gasteiger partial charge on any atom is -0.341 e. The van der Waals surface area contributed by atoms with Crippen LogP contribution in [0.1, 0.15) is 18.7 Å². The number of carbonyl (C=O) groups is 1. The summed E-state index contributed by atoms with van der Waals surface area (Å²) < 4.78 is 1.89. The highest BCUT2D eigenvalue weighted by Crippen LogP contribution is 2.08. The van der Waals surface area contributed by atoms with Gasteiger partial charge in [0.2, 0.25) is 5.91 Å². The first-order valence-corrected chi connectivity index (χ1v) is 5.03. The van der Waals surface area contributed by atoms with E-state index in [1.54, 1.807) is 6.20 Å². The Bertz CT molecular complexity index is 326. The summed E-state index contributed by atoms with van der Waals surface area (Å²) in [6.07, 6.45) is 5.87. The van der Waals surface area contributed by atoms with Crippen molar-refractivity contribution in [2.24, 2.45) is 0 Å². The van der Waals surface area contributed by atoms with Gasteiger partial charge in [0.1, 0.15) is 12.4 Å². The smallest absolute Gasteiger partial charge is 0.242 e. The second kappa shape index (κ2) is 3.82. The average Bonchev–Trinajstić information content (AvgIpc) is 2.77. The van der Waals surface area contributed by atoms with Crippen molar-refractivity contribution in [3.05, 3.63) is 18.2 Å². The van der Waals surface area contributed by atoms with E-state index in [1.807, 2.05) is 22.6 Å². The Morgan fingerprint density at radius 1 is 1.50 bits per heavy atom. The maximum absolute atomic E-state index is 11.7. The Hall–Kier alpha value is -1.32. The minimum atomic E-state index is 0.212. The van der Waals surface area contributed by atoms with Gasteiger partial charge in [-0.3, -0.25) is 4.79 Å². The highest BCUT2D eigenvalue weighted by molar-refractivity contribution is 5.76. The topological polar surface area (TPSA) is 38.1 Å². The first-order chi connectivity index (χ1) is 6.77. The van der Waals surface area contributed by atoms with Crippen molar-refractivity contribution in [1.82, 2.24) is 14.5 Å². The fraction of sp³-hybridized carbons (Fsp3) is 0.600. The molecule has 1 aromatic rings. The van der Waals surface area contributed by atoms with E-state index in [-0.39, 0.29) is 5.91 Å². The predicted octanol–water partition coefficient (Wildman–Crippen LogP) is 0.814. The number of hydrogen-bond acceptors (Lipinski definition) is 2. The molecule has 4 heteroatoms. The van der Waals surface area contributed by atoms with Crippen molar-refractivity contribution in [1.29, 1.82) is 0 Å². The molecule has 14 heavy (non-hydrogen) atoms. The number of nitrogens with zero attached hydrogens (tertiary/aromatic N) is 3. The number of carbonyl (C=O) groups excluding carboxylic acids is 1. The third kappa shape index (κ3) is 1.78. The summed E-state index contributed by atoms with van der Waals surface area (Å²) in [5, 5.41) is 0. The van der Waals surface area contributed by atoms with E-state index in [9.17, 15) is 4.79 Å².